The minimum absolute atomic E-state index is 0.103. The first kappa shape index (κ1) is 26.9. The van der Waals surface area contributed by atoms with E-state index in [2.05, 4.69) is 20.8 Å². The first-order valence-corrected chi connectivity index (χ1v) is 14.3. The lowest BCUT2D eigenvalue weighted by Crippen LogP contribution is -2.58. The summed E-state index contributed by atoms with van der Waals surface area (Å²) >= 11 is 0. The van der Waals surface area contributed by atoms with Gasteiger partial charge in [-0.15, -0.1) is 0 Å². The van der Waals surface area contributed by atoms with Crippen molar-refractivity contribution in [1.82, 2.24) is 0 Å². The molecule has 0 saturated heterocycles. The summed E-state index contributed by atoms with van der Waals surface area (Å²) in [6.07, 6.45) is 8.09. The number of aliphatic hydroxyl groups excluding tert-OH is 2. The Kier molecular flexibility index (Phi) is 7.93. The van der Waals surface area contributed by atoms with Gasteiger partial charge in [0.2, 0.25) is 0 Å². The predicted octanol–water partition coefficient (Wildman–Crippen LogP) is 4.75. The lowest BCUT2D eigenvalue weighted by molar-refractivity contribution is -0.176. The number of fused-ring (bicyclic) bond motifs is 5. The van der Waals surface area contributed by atoms with Crippen molar-refractivity contribution in [3.8, 4) is 0 Å². The van der Waals surface area contributed by atoms with E-state index in [1.54, 1.807) is 13.8 Å². The number of esters is 2. The van der Waals surface area contributed by atoms with Gasteiger partial charge in [-0.2, -0.15) is 0 Å². The molecule has 6 nitrogen and oxygen atoms in total. The Hall–Kier alpha value is -1.14. The Morgan fingerprint density at radius 1 is 0.914 bits per heavy atom. The minimum Gasteiger partial charge on any atom is -0.465 e. The van der Waals surface area contributed by atoms with E-state index < -0.39 is 17.9 Å². The monoisotopic (exact) mass is 492 g/mol. The van der Waals surface area contributed by atoms with Gasteiger partial charge in [-0.25, -0.2) is 0 Å². The summed E-state index contributed by atoms with van der Waals surface area (Å²) in [6, 6.07) is 0. The van der Waals surface area contributed by atoms with Crippen molar-refractivity contribution in [2.75, 3.05) is 13.2 Å². The molecule has 0 radical (unpaired) electrons. The van der Waals surface area contributed by atoms with Gasteiger partial charge >= 0.3 is 11.9 Å². The molecule has 200 valence electrons. The van der Waals surface area contributed by atoms with Crippen molar-refractivity contribution in [3.05, 3.63) is 0 Å². The SMILES string of the molecule is CCOC(=O)C(C[C@@H](C)C1CCC2C3CC[C@@H]4C[C@H](O)CC[C@]4(C)C3C[C@H](O)[C@@]21C)C(=O)OCC. The molecule has 35 heavy (non-hydrogen) atoms. The van der Waals surface area contributed by atoms with Crippen LogP contribution in [0.15, 0.2) is 0 Å². The third kappa shape index (κ3) is 4.56. The Balaban J connectivity index is 1.53. The van der Waals surface area contributed by atoms with E-state index >= 15 is 0 Å². The van der Waals surface area contributed by atoms with Crippen LogP contribution in [0.1, 0.15) is 92.4 Å². The fourth-order valence-electron chi connectivity index (χ4n) is 9.47. The third-order valence-electron chi connectivity index (χ3n) is 11.3. The topological polar surface area (TPSA) is 93.1 Å². The number of carbonyl (C=O) groups excluding carboxylic acids is 2. The summed E-state index contributed by atoms with van der Waals surface area (Å²) in [4.78, 5) is 25.3. The molecule has 0 aromatic rings. The van der Waals surface area contributed by atoms with Gasteiger partial charge in [0.1, 0.15) is 0 Å². The van der Waals surface area contributed by atoms with Gasteiger partial charge in [0.05, 0.1) is 25.4 Å². The maximum absolute atomic E-state index is 12.6. The highest BCUT2D eigenvalue weighted by Crippen LogP contribution is 2.68. The van der Waals surface area contributed by atoms with Gasteiger partial charge in [0.15, 0.2) is 5.92 Å². The maximum Gasteiger partial charge on any atom is 0.320 e. The second-order valence-electron chi connectivity index (χ2n) is 12.7. The summed E-state index contributed by atoms with van der Waals surface area (Å²) in [7, 11) is 0. The van der Waals surface area contributed by atoms with E-state index in [0.717, 1.165) is 38.5 Å². The summed E-state index contributed by atoms with van der Waals surface area (Å²) in [5.41, 5.74) is 0.0128. The van der Waals surface area contributed by atoms with Crippen LogP contribution in [0.4, 0.5) is 0 Å². The van der Waals surface area contributed by atoms with Crippen molar-refractivity contribution < 1.29 is 29.3 Å². The zero-order chi connectivity index (χ0) is 25.5. The van der Waals surface area contributed by atoms with Crippen LogP contribution in [0.5, 0.6) is 0 Å². The van der Waals surface area contributed by atoms with E-state index in [4.69, 9.17) is 9.47 Å². The van der Waals surface area contributed by atoms with Crippen molar-refractivity contribution in [1.29, 1.82) is 0 Å². The molecular weight excluding hydrogens is 444 g/mol. The molecule has 0 aliphatic heterocycles. The molecule has 2 N–H and O–H groups in total. The smallest absolute Gasteiger partial charge is 0.320 e. The van der Waals surface area contributed by atoms with Gasteiger partial charge in [0, 0.05) is 0 Å². The molecule has 0 aromatic carbocycles. The first-order valence-electron chi connectivity index (χ1n) is 14.3. The van der Waals surface area contributed by atoms with Crippen molar-refractivity contribution >= 4 is 11.9 Å². The van der Waals surface area contributed by atoms with E-state index in [9.17, 15) is 19.8 Å². The summed E-state index contributed by atoms with van der Waals surface area (Å²) in [5.74, 6) is 0.641. The second-order valence-corrected chi connectivity index (χ2v) is 12.7. The van der Waals surface area contributed by atoms with Crippen LogP contribution in [0, 0.1) is 52.3 Å². The van der Waals surface area contributed by atoms with Crippen LogP contribution in [0.3, 0.4) is 0 Å². The fraction of sp³-hybridized carbons (Fsp3) is 0.931. The molecule has 0 aromatic heterocycles. The van der Waals surface area contributed by atoms with Crippen LogP contribution in [-0.4, -0.2) is 47.6 Å². The number of carbonyl (C=O) groups is 2. The predicted molar refractivity (Wildman–Crippen MR) is 133 cm³/mol. The minimum atomic E-state index is -0.899. The molecule has 4 unspecified atom stereocenters. The second kappa shape index (κ2) is 10.3. The van der Waals surface area contributed by atoms with Gasteiger partial charge in [0.25, 0.3) is 0 Å². The zero-order valence-electron chi connectivity index (χ0n) is 22.5. The molecule has 4 fully saturated rings. The molecule has 0 bridgehead atoms. The fourth-order valence-corrected chi connectivity index (χ4v) is 9.47. The lowest BCUT2D eigenvalue weighted by atomic mass is 9.43. The molecule has 4 aliphatic carbocycles. The van der Waals surface area contributed by atoms with Crippen LogP contribution < -0.4 is 0 Å². The molecule has 4 saturated carbocycles. The molecule has 0 heterocycles. The number of hydrogen-bond acceptors (Lipinski definition) is 6. The normalized spacial score (nSPS) is 43.6. The number of hydrogen-bond donors (Lipinski definition) is 2. The lowest BCUT2D eigenvalue weighted by Gasteiger charge is -2.62. The maximum atomic E-state index is 12.6. The molecule has 0 spiro atoms. The molecule has 6 heteroatoms. The van der Waals surface area contributed by atoms with Crippen LogP contribution in [0.25, 0.3) is 0 Å². The van der Waals surface area contributed by atoms with E-state index in [-0.39, 0.29) is 48.1 Å². The number of rotatable bonds is 7. The van der Waals surface area contributed by atoms with E-state index in [1.807, 2.05) is 0 Å². The Morgan fingerprint density at radius 2 is 1.57 bits per heavy atom. The quantitative estimate of drug-likeness (QED) is 0.394. The third-order valence-corrected chi connectivity index (χ3v) is 11.3. The van der Waals surface area contributed by atoms with Crippen LogP contribution in [-0.2, 0) is 19.1 Å². The van der Waals surface area contributed by atoms with Crippen molar-refractivity contribution in [3.63, 3.8) is 0 Å². The summed E-state index contributed by atoms with van der Waals surface area (Å²) in [6.45, 7) is 10.9. The standard InChI is InChI=1S/C29H48O6/c1-6-34-26(32)21(27(33)35-7-2)14-17(3)22-10-11-23-20-9-8-18-15-19(30)12-13-28(18,4)24(20)16-25(31)29(22,23)5/h17-25,30-31H,6-16H2,1-5H3/t17-,18-,19-,20?,22?,23?,24?,25+,28+,29-/m1/s1. The Morgan fingerprint density at radius 3 is 2.20 bits per heavy atom. The van der Waals surface area contributed by atoms with Gasteiger partial charge in [-0.05, 0) is 118 Å². The number of aliphatic hydroxyl groups is 2. The Labute approximate surface area is 211 Å². The highest BCUT2D eigenvalue weighted by atomic mass is 16.6. The van der Waals surface area contributed by atoms with Gasteiger partial charge in [-0.1, -0.05) is 20.8 Å². The van der Waals surface area contributed by atoms with Crippen molar-refractivity contribution in [2.45, 2.75) is 105 Å². The van der Waals surface area contributed by atoms with Crippen LogP contribution in [0.2, 0.25) is 0 Å². The first-order chi connectivity index (χ1) is 16.6. The highest BCUT2D eigenvalue weighted by molar-refractivity contribution is 5.94. The Bertz CT molecular complexity index is 765. The van der Waals surface area contributed by atoms with E-state index in [1.165, 1.54) is 12.8 Å². The summed E-state index contributed by atoms with van der Waals surface area (Å²) in [5, 5.41) is 22.0. The molecule has 10 atom stereocenters. The van der Waals surface area contributed by atoms with Crippen LogP contribution >= 0.6 is 0 Å². The van der Waals surface area contributed by atoms with E-state index in [0.29, 0.717) is 30.1 Å². The molecule has 4 rings (SSSR count). The van der Waals surface area contributed by atoms with Gasteiger partial charge in [-0.3, -0.25) is 9.59 Å². The highest BCUT2D eigenvalue weighted by Gasteiger charge is 2.63. The summed E-state index contributed by atoms with van der Waals surface area (Å²) < 4.78 is 10.4. The molecule has 4 aliphatic rings. The molecule has 0 amide bonds. The molecular formula is C29H48O6. The largest absolute Gasteiger partial charge is 0.465 e. The average Bonchev–Trinajstić information content (AvgIpc) is 3.17. The number of ether oxygens (including phenoxy) is 2. The van der Waals surface area contributed by atoms with Crippen molar-refractivity contribution in [2.24, 2.45) is 52.3 Å². The average molecular weight is 493 g/mol. The zero-order valence-corrected chi connectivity index (χ0v) is 22.5. The van der Waals surface area contributed by atoms with Gasteiger partial charge < -0.3 is 19.7 Å².